The predicted octanol–water partition coefficient (Wildman–Crippen LogP) is 10.0. The van der Waals surface area contributed by atoms with Crippen LogP contribution in [-0.4, -0.2) is 6.71 Å². The number of rotatable bonds is 3. The van der Waals surface area contributed by atoms with Crippen LogP contribution in [-0.2, 0) is 0 Å². The van der Waals surface area contributed by atoms with E-state index in [4.69, 9.17) is 9.47 Å². The van der Waals surface area contributed by atoms with E-state index in [-0.39, 0.29) is 6.71 Å². The van der Waals surface area contributed by atoms with Gasteiger partial charge in [-0.25, -0.2) is 0 Å². The van der Waals surface area contributed by atoms with Gasteiger partial charge in [-0.15, -0.1) is 11.3 Å². The quantitative estimate of drug-likeness (QED) is 0.183. The van der Waals surface area contributed by atoms with E-state index in [2.05, 4.69) is 152 Å². The molecule has 0 saturated heterocycles. The summed E-state index contributed by atoms with van der Waals surface area (Å²) in [7, 11) is 0. The third-order valence-corrected chi connectivity index (χ3v) is 10.9. The molecule has 0 bridgehead atoms. The lowest BCUT2D eigenvalue weighted by atomic mass is 9.34. The van der Waals surface area contributed by atoms with Crippen molar-refractivity contribution in [2.75, 3.05) is 4.90 Å². The van der Waals surface area contributed by atoms with Gasteiger partial charge in [-0.05, 0) is 90.1 Å². The first-order chi connectivity index (χ1) is 23.1. The Morgan fingerprint density at radius 1 is 0.511 bits per heavy atom. The Hall–Kier alpha value is -5.52. The molecule has 0 fully saturated rings. The molecule has 8 aromatic rings. The molecule has 0 atom stereocenters. The van der Waals surface area contributed by atoms with E-state index in [0.29, 0.717) is 0 Å². The summed E-state index contributed by atoms with van der Waals surface area (Å²) in [5.41, 5.74) is 9.37. The Morgan fingerprint density at radius 2 is 1.15 bits per heavy atom. The lowest BCUT2D eigenvalue weighted by molar-refractivity contribution is 0.469. The van der Waals surface area contributed by atoms with Gasteiger partial charge in [0.05, 0.1) is 4.70 Å². The lowest BCUT2D eigenvalue weighted by Crippen LogP contribution is -2.57. The standard InChI is InChI=1S/C42H28BNO2S/c1-25-13-19-36-34(21-25)43-35-22-26(2)14-20-37(35)46-40-39(43)38(45-36)24-33-32-17-15-27-23-30(16-18-31(27)41(32)47-42(33)40)44(28-9-5-3-6-10-28)29-11-7-4-8-12-29/h3-24H,1-2H3. The zero-order valence-corrected chi connectivity index (χ0v) is 26.8. The average molecular weight is 622 g/mol. The van der Waals surface area contributed by atoms with Crippen molar-refractivity contribution < 1.29 is 9.47 Å². The van der Waals surface area contributed by atoms with Crippen molar-refractivity contribution in [3.8, 4) is 23.0 Å². The topological polar surface area (TPSA) is 21.7 Å². The number of aryl methyl sites for hydroxylation is 2. The third-order valence-electron chi connectivity index (χ3n) is 9.64. The van der Waals surface area contributed by atoms with E-state index in [0.717, 1.165) is 45.5 Å². The van der Waals surface area contributed by atoms with Crippen LogP contribution in [0.15, 0.2) is 133 Å². The summed E-state index contributed by atoms with van der Waals surface area (Å²) < 4.78 is 16.0. The first kappa shape index (κ1) is 26.7. The maximum atomic E-state index is 6.85. The molecule has 0 radical (unpaired) electrons. The van der Waals surface area contributed by atoms with E-state index in [9.17, 15) is 0 Å². The number of para-hydroxylation sites is 2. The first-order valence-electron chi connectivity index (χ1n) is 16.0. The van der Waals surface area contributed by atoms with E-state index in [1.54, 1.807) is 0 Å². The van der Waals surface area contributed by atoms with Crippen LogP contribution in [0, 0.1) is 13.8 Å². The molecule has 7 aromatic carbocycles. The van der Waals surface area contributed by atoms with Gasteiger partial charge in [0, 0.05) is 38.0 Å². The summed E-state index contributed by atoms with van der Waals surface area (Å²) in [6, 6.07) is 47.8. The van der Waals surface area contributed by atoms with Crippen molar-refractivity contribution in [3.63, 3.8) is 0 Å². The minimum Gasteiger partial charge on any atom is -0.458 e. The van der Waals surface area contributed by atoms with Crippen molar-refractivity contribution in [2.24, 2.45) is 0 Å². The monoisotopic (exact) mass is 621 g/mol. The summed E-state index contributed by atoms with van der Waals surface area (Å²) in [6.45, 7) is 4.36. The SMILES string of the molecule is Cc1ccc2c(c1)B1c3cc(C)ccc3Oc3c1c(cc1c3sc3c4ccc(N(c5ccccc5)c5ccccc5)cc4ccc13)O2. The number of thiophene rings is 1. The average Bonchev–Trinajstić information content (AvgIpc) is 3.48. The van der Waals surface area contributed by atoms with Gasteiger partial charge in [-0.1, -0.05) is 90.0 Å². The largest absolute Gasteiger partial charge is 0.458 e. The van der Waals surface area contributed by atoms with E-state index >= 15 is 0 Å². The van der Waals surface area contributed by atoms with Gasteiger partial charge in [0.25, 0.3) is 6.71 Å². The molecule has 0 spiro atoms. The number of nitrogens with zero attached hydrogens (tertiary/aromatic N) is 1. The molecule has 5 heteroatoms. The summed E-state index contributed by atoms with van der Waals surface area (Å²) >= 11 is 1.83. The van der Waals surface area contributed by atoms with Crippen LogP contribution in [0.5, 0.6) is 23.0 Å². The zero-order valence-electron chi connectivity index (χ0n) is 26.0. The van der Waals surface area contributed by atoms with Crippen molar-refractivity contribution in [1.82, 2.24) is 0 Å². The second-order valence-electron chi connectivity index (χ2n) is 12.7. The highest BCUT2D eigenvalue weighted by Gasteiger charge is 2.41. The van der Waals surface area contributed by atoms with Crippen molar-refractivity contribution in [1.29, 1.82) is 0 Å². The van der Waals surface area contributed by atoms with Gasteiger partial charge in [0.15, 0.2) is 0 Å². The Kier molecular flexibility index (Phi) is 5.67. The number of fused-ring (bicyclic) bond motifs is 10. The molecule has 0 N–H and O–H groups in total. The Bertz CT molecular complexity index is 2510. The van der Waals surface area contributed by atoms with Crippen LogP contribution < -0.4 is 30.8 Å². The molecule has 2 aliphatic heterocycles. The molecule has 222 valence electrons. The highest BCUT2D eigenvalue weighted by Crippen LogP contribution is 2.48. The molecule has 47 heavy (non-hydrogen) atoms. The minimum absolute atomic E-state index is 0.0585. The summed E-state index contributed by atoms with van der Waals surface area (Å²) in [4.78, 5) is 2.32. The smallest absolute Gasteiger partial charge is 0.260 e. The highest BCUT2D eigenvalue weighted by atomic mass is 32.1. The third kappa shape index (κ3) is 4.00. The molecule has 3 heterocycles. The number of benzene rings is 7. The van der Waals surface area contributed by atoms with Gasteiger partial charge >= 0.3 is 0 Å². The molecule has 10 rings (SSSR count). The predicted molar refractivity (Wildman–Crippen MR) is 199 cm³/mol. The normalized spacial score (nSPS) is 12.8. The fourth-order valence-corrected chi connectivity index (χ4v) is 8.84. The molecule has 0 amide bonds. The van der Waals surface area contributed by atoms with E-state index in [1.807, 2.05) is 11.3 Å². The van der Waals surface area contributed by atoms with Crippen LogP contribution in [0.3, 0.4) is 0 Å². The number of hydrogen-bond donors (Lipinski definition) is 0. The van der Waals surface area contributed by atoms with Gasteiger partial charge in [-0.2, -0.15) is 0 Å². The summed E-state index contributed by atoms with van der Waals surface area (Å²) in [6.07, 6.45) is 0. The maximum absolute atomic E-state index is 6.85. The van der Waals surface area contributed by atoms with Gasteiger partial charge in [0.2, 0.25) is 0 Å². The second-order valence-corrected chi connectivity index (χ2v) is 13.7. The van der Waals surface area contributed by atoms with Crippen LogP contribution in [0.4, 0.5) is 17.1 Å². The summed E-state index contributed by atoms with van der Waals surface area (Å²) in [5.74, 6) is 3.66. The first-order valence-corrected chi connectivity index (χ1v) is 16.9. The van der Waals surface area contributed by atoms with Crippen LogP contribution in [0.1, 0.15) is 11.1 Å². The van der Waals surface area contributed by atoms with Crippen molar-refractivity contribution >= 4 is 82.4 Å². The molecular weight excluding hydrogens is 593 g/mol. The molecule has 1 aromatic heterocycles. The molecule has 2 aliphatic rings. The van der Waals surface area contributed by atoms with Crippen molar-refractivity contribution in [3.05, 3.63) is 145 Å². The lowest BCUT2D eigenvalue weighted by Gasteiger charge is -2.33. The maximum Gasteiger partial charge on any atom is 0.260 e. The van der Waals surface area contributed by atoms with Crippen molar-refractivity contribution in [2.45, 2.75) is 13.8 Å². The second kappa shape index (κ2) is 9.99. The van der Waals surface area contributed by atoms with Gasteiger partial charge in [-0.3, -0.25) is 0 Å². The molecule has 0 unspecified atom stereocenters. The zero-order chi connectivity index (χ0) is 31.2. The van der Waals surface area contributed by atoms with Gasteiger partial charge in [0.1, 0.15) is 23.0 Å². The molecule has 3 nitrogen and oxygen atoms in total. The molecular formula is C42H28BNO2S. The number of hydrogen-bond acceptors (Lipinski definition) is 4. The Balaban J connectivity index is 1.19. The summed E-state index contributed by atoms with van der Waals surface area (Å²) in [5, 5.41) is 4.84. The van der Waals surface area contributed by atoms with E-state index < -0.39 is 0 Å². The number of anilines is 3. The Labute approximate surface area is 277 Å². The van der Waals surface area contributed by atoms with Crippen LogP contribution >= 0.6 is 11.3 Å². The fraction of sp³-hybridized carbons (Fsp3) is 0.0476. The fourth-order valence-electron chi connectivity index (χ4n) is 7.52. The molecule has 0 saturated carbocycles. The Morgan fingerprint density at radius 3 is 1.83 bits per heavy atom. The molecule has 0 aliphatic carbocycles. The minimum atomic E-state index is 0.0585. The van der Waals surface area contributed by atoms with Crippen LogP contribution in [0.2, 0.25) is 0 Å². The number of ether oxygens (including phenoxy) is 2. The van der Waals surface area contributed by atoms with Gasteiger partial charge < -0.3 is 14.4 Å². The van der Waals surface area contributed by atoms with Crippen LogP contribution in [0.25, 0.3) is 30.9 Å². The highest BCUT2D eigenvalue weighted by molar-refractivity contribution is 7.27. The van der Waals surface area contributed by atoms with E-state index in [1.165, 1.54) is 53.0 Å².